The molecule has 0 saturated heterocycles. The second-order valence-corrected chi connectivity index (χ2v) is 5.98. The van der Waals surface area contributed by atoms with E-state index >= 15 is 0 Å². The lowest BCUT2D eigenvalue weighted by Gasteiger charge is -2.33. The number of hydrogen-bond donors (Lipinski definition) is 1. The van der Waals surface area contributed by atoms with Crippen molar-refractivity contribution in [1.82, 2.24) is 10.4 Å². The summed E-state index contributed by atoms with van der Waals surface area (Å²) in [5.74, 6) is 0. The third-order valence-corrected chi connectivity index (χ3v) is 2.99. The third kappa shape index (κ3) is 4.09. The third-order valence-electron chi connectivity index (χ3n) is 2.99. The Labute approximate surface area is 124 Å². The van der Waals surface area contributed by atoms with Crippen LogP contribution in [0.25, 0.3) is 0 Å². The van der Waals surface area contributed by atoms with Crippen LogP contribution in [0.3, 0.4) is 0 Å². The molecule has 21 heavy (non-hydrogen) atoms. The zero-order chi connectivity index (χ0) is 15.5. The number of furan rings is 1. The molecule has 116 valence electrons. The highest BCUT2D eigenvalue weighted by Crippen LogP contribution is 2.28. The summed E-state index contributed by atoms with van der Waals surface area (Å²) in [6, 6.07) is -0.153. The van der Waals surface area contributed by atoms with Crippen molar-refractivity contribution < 1.29 is 18.8 Å². The fourth-order valence-corrected chi connectivity index (χ4v) is 2.13. The average Bonchev–Trinajstić information content (AvgIpc) is 2.85. The van der Waals surface area contributed by atoms with Gasteiger partial charge in [0.2, 0.25) is 0 Å². The van der Waals surface area contributed by atoms with Gasteiger partial charge in [-0.15, -0.1) is 6.58 Å². The minimum atomic E-state index is -0.518. The highest BCUT2D eigenvalue weighted by atomic mass is 16.6. The zero-order valence-corrected chi connectivity index (χ0v) is 12.7. The molecule has 6 nitrogen and oxygen atoms in total. The van der Waals surface area contributed by atoms with Crippen molar-refractivity contribution in [3.05, 3.63) is 36.3 Å². The molecule has 1 aliphatic heterocycles. The Bertz CT molecular complexity index is 504. The summed E-state index contributed by atoms with van der Waals surface area (Å²) in [5, 5.41) is 0. The first-order chi connectivity index (χ1) is 9.90. The predicted molar refractivity (Wildman–Crippen MR) is 77.4 cm³/mol. The van der Waals surface area contributed by atoms with Crippen molar-refractivity contribution in [1.29, 1.82) is 0 Å². The topological polar surface area (TPSA) is 63.9 Å². The van der Waals surface area contributed by atoms with Crippen LogP contribution >= 0.6 is 0 Å². The van der Waals surface area contributed by atoms with Gasteiger partial charge in [0, 0.05) is 17.7 Å². The highest BCUT2D eigenvalue weighted by molar-refractivity contribution is 5.68. The number of carbonyl (C=O) groups is 1. The molecular weight excluding hydrogens is 272 g/mol. The van der Waals surface area contributed by atoms with Crippen molar-refractivity contribution in [2.24, 2.45) is 0 Å². The molecule has 1 aromatic rings. The van der Waals surface area contributed by atoms with Crippen LogP contribution in [0, 0.1) is 0 Å². The summed E-state index contributed by atoms with van der Waals surface area (Å²) < 4.78 is 10.7. The van der Waals surface area contributed by atoms with E-state index in [0.29, 0.717) is 19.7 Å². The normalized spacial score (nSPS) is 18.2. The highest BCUT2D eigenvalue weighted by Gasteiger charge is 2.32. The Hall–Kier alpha value is -1.79. The van der Waals surface area contributed by atoms with Gasteiger partial charge in [0.15, 0.2) is 0 Å². The maximum Gasteiger partial charge on any atom is 0.410 e. The Morgan fingerprint density at radius 3 is 3.00 bits per heavy atom. The predicted octanol–water partition coefficient (Wildman–Crippen LogP) is 2.78. The summed E-state index contributed by atoms with van der Waals surface area (Å²) in [5.41, 5.74) is 4.36. The standard InChI is InChI=1S/C15H22N2O4/c1-5-6-20-16-13-8-17(14(18)21-15(2,3)4)7-11-9-19-10-12(11)13/h5,9-10,13,16H,1,6-8H2,2-4H3. The average molecular weight is 294 g/mol. The van der Waals surface area contributed by atoms with Gasteiger partial charge >= 0.3 is 6.09 Å². The zero-order valence-electron chi connectivity index (χ0n) is 12.7. The van der Waals surface area contributed by atoms with Crippen LogP contribution in [0.1, 0.15) is 37.9 Å². The molecule has 0 saturated carbocycles. The quantitative estimate of drug-likeness (QED) is 0.525. The number of nitrogens with one attached hydrogen (secondary N) is 1. The van der Waals surface area contributed by atoms with Gasteiger partial charge in [0.25, 0.3) is 0 Å². The van der Waals surface area contributed by atoms with Crippen molar-refractivity contribution in [3.63, 3.8) is 0 Å². The van der Waals surface area contributed by atoms with Crippen LogP contribution in [-0.4, -0.2) is 29.7 Å². The number of fused-ring (bicyclic) bond motifs is 1. The van der Waals surface area contributed by atoms with Crippen LogP contribution in [0.15, 0.2) is 29.6 Å². The lowest BCUT2D eigenvalue weighted by Crippen LogP contribution is -2.44. The molecule has 2 heterocycles. The summed E-state index contributed by atoms with van der Waals surface area (Å²) in [4.78, 5) is 19.1. The molecule has 1 N–H and O–H groups in total. The Balaban J connectivity index is 2.06. The first-order valence-electron chi connectivity index (χ1n) is 6.92. The molecule has 0 aromatic carbocycles. The van der Waals surface area contributed by atoms with Crippen molar-refractivity contribution in [2.75, 3.05) is 13.2 Å². The maximum atomic E-state index is 12.2. The van der Waals surface area contributed by atoms with Crippen LogP contribution in [0.4, 0.5) is 4.79 Å². The van der Waals surface area contributed by atoms with Gasteiger partial charge in [-0.3, -0.25) is 4.84 Å². The molecule has 0 spiro atoms. The summed E-state index contributed by atoms with van der Waals surface area (Å²) >= 11 is 0. The summed E-state index contributed by atoms with van der Waals surface area (Å²) in [7, 11) is 0. The fraction of sp³-hybridized carbons (Fsp3) is 0.533. The summed E-state index contributed by atoms with van der Waals surface area (Å²) in [6.45, 7) is 10.5. The SMILES string of the molecule is C=CCONC1CN(C(=O)OC(C)(C)C)Cc2cocc21. The van der Waals surface area contributed by atoms with Gasteiger partial charge in [-0.2, -0.15) is 5.48 Å². The smallest absolute Gasteiger partial charge is 0.410 e. The van der Waals surface area contributed by atoms with E-state index in [1.165, 1.54) is 0 Å². The molecular formula is C15H22N2O4. The van der Waals surface area contributed by atoms with Crippen molar-refractivity contribution in [2.45, 2.75) is 39.0 Å². The Morgan fingerprint density at radius 1 is 1.57 bits per heavy atom. The number of hydrogen-bond acceptors (Lipinski definition) is 5. The van der Waals surface area contributed by atoms with E-state index in [1.54, 1.807) is 23.5 Å². The first-order valence-corrected chi connectivity index (χ1v) is 6.92. The molecule has 0 bridgehead atoms. The molecule has 1 unspecified atom stereocenters. The lowest BCUT2D eigenvalue weighted by atomic mass is 10.0. The molecule has 6 heteroatoms. The number of rotatable bonds is 4. The van der Waals surface area contributed by atoms with Crippen LogP contribution in [0.5, 0.6) is 0 Å². The number of carbonyl (C=O) groups excluding carboxylic acids is 1. The molecule has 1 atom stereocenters. The maximum absolute atomic E-state index is 12.2. The van der Waals surface area contributed by atoms with Gasteiger partial charge in [0.1, 0.15) is 5.60 Å². The number of ether oxygens (including phenoxy) is 1. The van der Waals surface area contributed by atoms with Crippen molar-refractivity contribution >= 4 is 6.09 Å². The van der Waals surface area contributed by atoms with Crippen LogP contribution in [-0.2, 0) is 16.1 Å². The molecule has 0 aliphatic carbocycles. The van der Waals surface area contributed by atoms with E-state index in [0.717, 1.165) is 11.1 Å². The minimum Gasteiger partial charge on any atom is -0.472 e. The van der Waals surface area contributed by atoms with E-state index < -0.39 is 5.60 Å². The first kappa shape index (κ1) is 15.6. The van der Waals surface area contributed by atoms with E-state index in [2.05, 4.69) is 12.1 Å². The van der Waals surface area contributed by atoms with Gasteiger partial charge in [0.05, 0.1) is 31.7 Å². The van der Waals surface area contributed by atoms with Crippen LogP contribution < -0.4 is 5.48 Å². The second kappa shape index (κ2) is 6.32. The molecule has 2 rings (SSSR count). The largest absolute Gasteiger partial charge is 0.472 e. The monoisotopic (exact) mass is 294 g/mol. The number of nitrogens with zero attached hydrogens (tertiary/aromatic N) is 1. The Morgan fingerprint density at radius 2 is 2.33 bits per heavy atom. The van der Waals surface area contributed by atoms with Gasteiger partial charge in [-0.25, -0.2) is 4.79 Å². The van der Waals surface area contributed by atoms with Gasteiger partial charge in [-0.05, 0) is 20.8 Å². The molecule has 1 amide bonds. The van der Waals surface area contributed by atoms with Crippen molar-refractivity contribution in [3.8, 4) is 0 Å². The van der Waals surface area contributed by atoms with Crippen LogP contribution in [0.2, 0.25) is 0 Å². The van der Waals surface area contributed by atoms with Gasteiger partial charge in [-0.1, -0.05) is 6.08 Å². The molecule has 0 fully saturated rings. The van der Waals surface area contributed by atoms with E-state index in [4.69, 9.17) is 14.0 Å². The number of hydroxylamine groups is 1. The number of amides is 1. The van der Waals surface area contributed by atoms with E-state index in [-0.39, 0.29) is 12.1 Å². The molecule has 1 aromatic heterocycles. The molecule has 0 radical (unpaired) electrons. The summed E-state index contributed by atoms with van der Waals surface area (Å²) in [6.07, 6.45) is 4.63. The lowest BCUT2D eigenvalue weighted by molar-refractivity contribution is -0.00161. The fourth-order valence-electron chi connectivity index (χ4n) is 2.13. The van der Waals surface area contributed by atoms with Gasteiger partial charge < -0.3 is 14.1 Å². The second-order valence-electron chi connectivity index (χ2n) is 5.98. The molecule has 1 aliphatic rings. The van der Waals surface area contributed by atoms with E-state index in [1.807, 2.05) is 20.8 Å². The minimum absolute atomic E-state index is 0.153. The Kier molecular flexibility index (Phi) is 4.69. The van der Waals surface area contributed by atoms with E-state index in [9.17, 15) is 4.79 Å².